The highest BCUT2D eigenvalue weighted by molar-refractivity contribution is 9.10. The summed E-state index contributed by atoms with van der Waals surface area (Å²) < 4.78 is 0.692. The lowest BCUT2D eigenvalue weighted by molar-refractivity contribution is -0.385. The van der Waals surface area contributed by atoms with Gasteiger partial charge in [0.05, 0.1) is 16.2 Å². The van der Waals surface area contributed by atoms with E-state index in [0.29, 0.717) is 23.0 Å². The van der Waals surface area contributed by atoms with E-state index in [-0.39, 0.29) is 10.6 Å². The molecule has 5 nitrogen and oxygen atoms in total. The first-order chi connectivity index (χ1) is 8.30. The van der Waals surface area contributed by atoms with Gasteiger partial charge in [-0.25, -0.2) is 0 Å². The van der Waals surface area contributed by atoms with Gasteiger partial charge in [0.15, 0.2) is 0 Å². The smallest absolute Gasteiger partial charge is 0.273 e. The third kappa shape index (κ3) is 2.49. The second-order valence-electron chi connectivity index (χ2n) is 5.02. The average molecular weight is 315 g/mol. The van der Waals surface area contributed by atoms with Gasteiger partial charge in [-0.2, -0.15) is 0 Å². The lowest BCUT2D eigenvalue weighted by atomic mass is 10.1. The number of nitro benzene ring substituents is 1. The van der Waals surface area contributed by atoms with Gasteiger partial charge in [0.25, 0.3) is 5.69 Å². The molecule has 6 heteroatoms. The van der Waals surface area contributed by atoms with Gasteiger partial charge in [-0.1, -0.05) is 0 Å². The minimum atomic E-state index is -0.685. The fraction of sp³-hybridized carbons (Fsp3) is 0.500. The van der Waals surface area contributed by atoms with E-state index >= 15 is 0 Å². The lowest BCUT2D eigenvalue weighted by Crippen LogP contribution is -2.29. The zero-order valence-corrected chi connectivity index (χ0v) is 11.9. The fourth-order valence-electron chi connectivity index (χ4n) is 2.25. The quantitative estimate of drug-likeness (QED) is 0.673. The Hall–Kier alpha value is -1.14. The summed E-state index contributed by atoms with van der Waals surface area (Å²) in [4.78, 5) is 12.5. The number of halogens is 1. The van der Waals surface area contributed by atoms with Crippen LogP contribution in [-0.2, 0) is 0 Å². The van der Waals surface area contributed by atoms with Crippen molar-refractivity contribution in [3.05, 3.63) is 32.3 Å². The molecule has 0 amide bonds. The monoisotopic (exact) mass is 314 g/mol. The predicted octanol–water partition coefficient (Wildman–Crippen LogP) is 2.63. The van der Waals surface area contributed by atoms with Crippen molar-refractivity contribution in [1.82, 2.24) is 0 Å². The van der Waals surface area contributed by atoms with Crippen LogP contribution in [0.3, 0.4) is 0 Å². The molecule has 0 aromatic heterocycles. The third-order valence-electron chi connectivity index (χ3n) is 3.25. The molecule has 1 saturated heterocycles. The Morgan fingerprint density at radius 2 is 2.22 bits per heavy atom. The molecule has 1 heterocycles. The van der Waals surface area contributed by atoms with Crippen molar-refractivity contribution in [2.75, 3.05) is 18.0 Å². The zero-order chi connectivity index (χ0) is 13.5. The maximum Gasteiger partial charge on any atom is 0.273 e. The molecule has 1 aliphatic heterocycles. The normalized spacial score (nSPS) is 23.4. The second-order valence-corrected chi connectivity index (χ2v) is 5.87. The predicted molar refractivity (Wildman–Crippen MR) is 73.0 cm³/mol. The van der Waals surface area contributed by atoms with E-state index < -0.39 is 5.60 Å². The van der Waals surface area contributed by atoms with Crippen molar-refractivity contribution < 1.29 is 10.0 Å². The van der Waals surface area contributed by atoms with Crippen LogP contribution in [0.4, 0.5) is 11.4 Å². The minimum Gasteiger partial charge on any atom is -0.388 e. The van der Waals surface area contributed by atoms with E-state index in [1.165, 1.54) is 6.07 Å². The SMILES string of the molecule is Cc1cc(N2CCC(C)(O)C2)c(Br)cc1[N+](=O)[O-]. The van der Waals surface area contributed by atoms with E-state index in [0.717, 1.165) is 12.2 Å². The highest BCUT2D eigenvalue weighted by atomic mass is 79.9. The summed E-state index contributed by atoms with van der Waals surface area (Å²) in [6.45, 7) is 4.83. The summed E-state index contributed by atoms with van der Waals surface area (Å²) in [7, 11) is 0. The highest BCUT2D eigenvalue weighted by Crippen LogP contribution is 2.36. The average Bonchev–Trinajstić information content (AvgIpc) is 2.61. The topological polar surface area (TPSA) is 66.6 Å². The van der Waals surface area contributed by atoms with Gasteiger partial charge < -0.3 is 10.0 Å². The second kappa shape index (κ2) is 4.51. The number of nitrogens with zero attached hydrogens (tertiary/aromatic N) is 2. The van der Waals surface area contributed by atoms with Gasteiger partial charge >= 0.3 is 0 Å². The molecule has 1 aromatic carbocycles. The van der Waals surface area contributed by atoms with Gasteiger partial charge in [-0.05, 0) is 42.3 Å². The molecule has 1 N–H and O–H groups in total. The molecule has 0 bridgehead atoms. The molecule has 0 saturated carbocycles. The molecule has 0 aliphatic carbocycles. The fourth-order valence-corrected chi connectivity index (χ4v) is 2.83. The molecule has 0 spiro atoms. The number of hydrogen-bond donors (Lipinski definition) is 1. The Balaban J connectivity index is 2.36. The summed E-state index contributed by atoms with van der Waals surface area (Å²) in [5, 5.41) is 20.8. The van der Waals surface area contributed by atoms with E-state index in [1.54, 1.807) is 19.9 Å². The molecule has 1 aliphatic rings. The number of nitro groups is 1. The van der Waals surface area contributed by atoms with Crippen LogP contribution >= 0.6 is 15.9 Å². The molecule has 0 radical (unpaired) electrons. The minimum absolute atomic E-state index is 0.108. The van der Waals surface area contributed by atoms with Crippen LogP contribution in [0.15, 0.2) is 16.6 Å². The number of benzene rings is 1. The van der Waals surface area contributed by atoms with Gasteiger partial charge in [-0.3, -0.25) is 10.1 Å². The van der Waals surface area contributed by atoms with Crippen LogP contribution in [0.25, 0.3) is 0 Å². The van der Waals surface area contributed by atoms with Crippen molar-refractivity contribution in [3.8, 4) is 0 Å². The Bertz CT molecular complexity index is 502. The molecular weight excluding hydrogens is 300 g/mol. The van der Waals surface area contributed by atoms with Crippen LogP contribution in [0, 0.1) is 17.0 Å². The van der Waals surface area contributed by atoms with E-state index in [2.05, 4.69) is 15.9 Å². The summed E-state index contributed by atoms with van der Waals surface area (Å²) >= 11 is 3.37. The molecule has 18 heavy (non-hydrogen) atoms. The number of hydrogen-bond acceptors (Lipinski definition) is 4. The summed E-state index contributed by atoms with van der Waals surface area (Å²) in [6.07, 6.45) is 0.704. The number of anilines is 1. The van der Waals surface area contributed by atoms with E-state index in [4.69, 9.17) is 0 Å². The van der Waals surface area contributed by atoms with Gasteiger partial charge in [0, 0.05) is 29.2 Å². The lowest BCUT2D eigenvalue weighted by Gasteiger charge is -2.22. The highest BCUT2D eigenvalue weighted by Gasteiger charge is 2.32. The first-order valence-corrected chi connectivity index (χ1v) is 6.51. The molecule has 98 valence electrons. The van der Waals surface area contributed by atoms with Crippen molar-refractivity contribution in [2.24, 2.45) is 0 Å². The number of aryl methyl sites for hydroxylation is 1. The standard InChI is InChI=1S/C12H15BrN2O3/c1-8-5-11(9(13)6-10(8)15(17)18)14-4-3-12(2,16)7-14/h5-6,16H,3-4,7H2,1-2H3. The van der Waals surface area contributed by atoms with Gasteiger partial charge in [0.1, 0.15) is 0 Å². The maximum absolute atomic E-state index is 10.8. The summed E-state index contributed by atoms with van der Waals surface area (Å²) in [6, 6.07) is 3.32. The van der Waals surface area contributed by atoms with Crippen LogP contribution in [0.2, 0.25) is 0 Å². The van der Waals surface area contributed by atoms with Crippen molar-refractivity contribution in [1.29, 1.82) is 0 Å². The summed E-state index contributed by atoms with van der Waals surface area (Å²) in [5.41, 5.74) is 0.951. The maximum atomic E-state index is 10.8. The van der Waals surface area contributed by atoms with E-state index in [9.17, 15) is 15.2 Å². The number of rotatable bonds is 2. The first-order valence-electron chi connectivity index (χ1n) is 5.72. The van der Waals surface area contributed by atoms with Crippen molar-refractivity contribution in [2.45, 2.75) is 25.9 Å². The summed E-state index contributed by atoms with van der Waals surface area (Å²) in [5.74, 6) is 0. The molecule has 1 aromatic rings. The van der Waals surface area contributed by atoms with Crippen LogP contribution in [-0.4, -0.2) is 28.7 Å². The van der Waals surface area contributed by atoms with Gasteiger partial charge in [0.2, 0.25) is 0 Å². The van der Waals surface area contributed by atoms with Crippen molar-refractivity contribution in [3.63, 3.8) is 0 Å². The molecule has 1 atom stereocenters. The number of aliphatic hydroxyl groups is 1. The molecule has 1 unspecified atom stereocenters. The molecular formula is C12H15BrN2O3. The van der Waals surface area contributed by atoms with Crippen LogP contribution in [0.1, 0.15) is 18.9 Å². The zero-order valence-electron chi connectivity index (χ0n) is 10.3. The Morgan fingerprint density at radius 3 is 2.72 bits per heavy atom. The van der Waals surface area contributed by atoms with Crippen LogP contribution in [0.5, 0.6) is 0 Å². The largest absolute Gasteiger partial charge is 0.388 e. The Kier molecular flexibility index (Phi) is 3.33. The van der Waals surface area contributed by atoms with Crippen LogP contribution < -0.4 is 4.90 Å². The molecule has 1 fully saturated rings. The van der Waals surface area contributed by atoms with Crippen molar-refractivity contribution >= 4 is 27.3 Å². The Morgan fingerprint density at radius 1 is 1.56 bits per heavy atom. The first kappa shape index (κ1) is 13.3. The van der Waals surface area contributed by atoms with E-state index in [1.807, 2.05) is 4.90 Å². The molecule has 2 rings (SSSR count). The van der Waals surface area contributed by atoms with Gasteiger partial charge in [-0.15, -0.1) is 0 Å². The number of β-amino-alcohol motifs (C(OH)–C–C–N with tert-alkyl or cyclic N) is 1. The third-order valence-corrected chi connectivity index (χ3v) is 3.89. The Labute approximate surface area is 114 Å².